The third-order valence-corrected chi connectivity index (χ3v) is 5.67. The van der Waals surface area contributed by atoms with Crippen LogP contribution in [-0.4, -0.2) is 30.4 Å². The number of nitrogens with zero attached hydrogens (tertiary/aromatic N) is 1. The maximum atomic E-state index is 13.3. The van der Waals surface area contributed by atoms with Crippen molar-refractivity contribution >= 4 is 5.91 Å². The topological polar surface area (TPSA) is 45.5 Å². The van der Waals surface area contributed by atoms with Crippen LogP contribution in [0.15, 0.2) is 77.2 Å². The number of amides is 1. The fraction of sp³-hybridized carbons (Fsp3) is 0.320. The fourth-order valence-electron chi connectivity index (χ4n) is 4.18. The van der Waals surface area contributed by atoms with Gasteiger partial charge in [-0.3, -0.25) is 9.69 Å². The summed E-state index contributed by atoms with van der Waals surface area (Å²) in [5.74, 6) is 1.53. The van der Waals surface area contributed by atoms with E-state index in [4.69, 9.17) is 4.42 Å². The standard InChI is InChI=1S/C25H28N2O2/c1-19-14-15-23(29-19)22(27-16-8-9-17-27)18-26-25(28)24(20-10-4-2-5-11-20)21-12-6-3-7-13-21/h2-7,10-15,22,24H,8-9,16-18H2,1H3,(H,26,28)/t22-/m0/s1. The second-order valence-electron chi connectivity index (χ2n) is 7.71. The Labute approximate surface area is 172 Å². The molecule has 0 aliphatic carbocycles. The number of aryl methyl sites for hydroxylation is 1. The molecule has 29 heavy (non-hydrogen) atoms. The van der Waals surface area contributed by atoms with Gasteiger partial charge < -0.3 is 9.73 Å². The lowest BCUT2D eigenvalue weighted by Crippen LogP contribution is -2.38. The van der Waals surface area contributed by atoms with E-state index in [0.717, 1.165) is 35.7 Å². The lowest BCUT2D eigenvalue weighted by atomic mass is 9.90. The van der Waals surface area contributed by atoms with Gasteiger partial charge in [0.05, 0.1) is 12.0 Å². The molecule has 1 aliphatic rings. The van der Waals surface area contributed by atoms with Gasteiger partial charge in [0, 0.05) is 6.54 Å². The zero-order valence-electron chi connectivity index (χ0n) is 16.9. The molecular formula is C25H28N2O2. The summed E-state index contributed by atoms with van der Waals surface area (Å²) in [6.45, 7) is 4.59. The first kappa shape index (κ1) is 19.5. The number of furan rings is 1. The maximum Gasteiger partial charge on any atom is 0.232 e. The Morgan fingerprint density at radius 3 is 2.03 bits per heavy atom. The molecule has 0 radical (unpaired) electrons. The van der Waals surface area contributed by atoms with Crippen LogP contribution in [0.3, 0.4) is 0 Å². The second kappa shape index (κ2) is 9.10. The molecule has 2 heterocycles. The second-order valence-corrected chi connectivity index (χ2v) is 7.71. The number of carbonyl (C=O) groups is 1. The van der Waals surface area contributed by atoms with Crippen LogP contribution in [0.5, 0.6) is 0 Å². The molecule has 4 nitrogen and oxygen atoms in total. The van der Waals surface area contributed by atoms with Gasteiger partial charge in [0.15, 0.2) is 0 Å². The van der Waals surface area contributed by atoms with E-state index in [2.05, 4.69) is 10.2 Å². The summed E-state index contributed by atoms with van der Waals surface area (Å²) in [4.78, 5) is 15.8. The highest BCUT2D eigenvalue weighted by Crippen LogP contribution is 2.28. The molecule has 0 bridgehead atoms. The molecule has 150 valence electrons. The molecule has 1 aromatic heterocycles. The first-order valence-corrected chi connectivity index (χ1v) is 10.4. The van der Waals surface area contributed by atoms with Gasteiger partial charge in [0.25, 0.3) is 0 Å². The minimum atomic E-state index is -0.324. The molecule has 1 fully saturated rings. The summed E-state index contributed by atoms with van der Waals surface area (Å²) < 4.78 is 5.93. The molecule has 0 spiro atoms. The summed E-state index contributed by atoms with van der Waals surface area (Å²) in [5, 5.41) is 3.22. The third-order valence-electron chi connectivity index (χ3n) is 5.67. The van der Waals surface area contributed by atoms with Gasteiger partial charge in [-0.2, -0.15) is 0 Å². The largest absolute Gasteiger partial charge is 0.465 e. The minimum absolute atomic E-state index is 0.0230. The van der Waals surface area contributed by atoms with Crippen LogP contribution in [0, 0.1) is 6.92 Å². The monoisotopic (exact) mass is 388 g/mol. The Morgan fingerprint density at radius 1 is 0.931 bits per heavy atom. The molecule has 4 rings (SSSR count). The lowest BCUT2D eigenvalue weighted by Gasteiger charge is -2.27. The van der Waals surface area contributed by atoms with Crippen molar-refractivity contribution in [1.29, 1.82) is 0 Å². The van der Waals surface area contributed by atoms with E-state index >= 15 is 0 Å². The van der Waals surface area contributed by atoms with Crippen molar-refractivity contribution in [2.75, 3.05) is 19.6 Å². The van der Waals surface area contributed by atoms with Crippen LogP contribution >= 0.6 is 0 Å². The van der Waals surface area contributed by atoms with Crippen molar-refractivity contribution in [1.82, 2.24) is 10.2 Å². The Balaban J connectivity index is 1.55. The third kappa shape index (κ3) is 4.60. The van der Waals surface area contributed by atoms with Crippen molar-refractivity contribution in [2.24, 2.45) is 0 Å². The van der Waals surface area contributed by atoms with E-state index in [1.807, 2.05) is 79.7 Å². The first-order valence-electron chi connectivity index (χ1n) is 10.4. The molecule has 2 aromatic carbocycles. The predicted octanol–water partition coefficient (Wildman–Crippen LogP) is 4.67. The van der Waals surface area contributed by atoms with Gasteiger partial charge in [-0.1, -0.05) is 60.7 Å². The van der Waals surface area contributed by atoms with E-state index in [9.17, 15) is 4.79 Å². The smallest absolute Gasteiger partial charge is 0.232 e. The van der Waals surface area contributed by atoms with Crippen molar-refractivity contribution in [3.05, 3.63) is 95.4 Å². The normalized spacial score (nSPS) is 15.5. The number of rotatable bonds is 7. The van der Waals surface area contributed by atoms with Crippen LogP contribution in [0.2, 0.25) is 0 Å². The van der Waals surface area contributed by atoms with Crippen molar-refractivity contribution < 1.29 is 9.21 Å². The molecule has 1 saturated heterocycles. The Morgan fingerprint density at radius 2 is 1.52 bits per heavy atom. The molecule has 0 saturated carbocycles. The molecule has 1 amide bonds. The number of benzene rings is 2. The average molecular weight is 389 g/mol. The lowest BCUT2D eigenvalue weighted by molar-refractivity contribution is -0.122. The zero-order valence-corrected chi connectivity index (χ0v) is 16.9. The van der Waals surface area contributed by atoms with E-state index in [1.165, 1.54) is 12.8 Å². The van der Waals surface area contributed by atoms with E-state index in [0.29, 0.717) is 6.54 Å². The van der Waals surface area contributed by atoms with E-state index in [1.54, 1.807) is 0 Å². The Kier molecular flexibility index (Phi) is 6.11. The number of carbonyl (C=O) groups excluding carboxylic acids is 1. The van der Waals surface area contributed by atoms with Crippen LogP contribution in [0.4, 0.5) is 0 Å². The van der Waals surface area contributed by atoms with Gasteiger partial charge in [-0.15, -0.1) is 0 Å². The number of nitrogens with one attached hydrogen (secondary N) is 1. The maximum absolute atomic E-state index is 13.3. The summed E-state index contributed by atoms with van der Waals surface area (Å²) in [6, 6.07) is 24.1. The number of hydrogen-bond acceptors (Lipinski definition) is 3. The zero-order chi connectivity index (χ0) is 20.1. The highest BCUT2D eigenvalue weighted by atomic mass is 16.3. The molecule has 3 aromatic rings. The molecule has 1 atom stereocenters. The number of likely N-dealkylation sites (tertiary alicyclic amines) is 1. The van der Waals surface area contributed by atoms with Crippen molar-refractivity contribution in [3.63, 3.8) is 0 Å². The summed E-state index contributed by atoms with van der Waals surface area (Å²) in [6.07, 6.45) is 2.39. The van der Waals surface area contributed by atoms with Gasteiger partial charge >= 0.3 is 0 Å². The summed E-state index contributed by atoms with van der Waals surface area (Å²) >= 11 is 0. The molecule has 4 heteroatoms. The number of hydrogen-bond donors (Lipinski definition) is 1. The van der Waals surface area contributed by atoms with Gasteiger partial charge in [-0.05, 0) is 56.1 Å². The molecule has 0 unspecified atom stereocenters. The molecular weight excluding hydrogens is 360 g/mol. The van der Waals surface area contributed by atoms with Crippen molar-refractivity contribution in [2.45, 2.75) is 31.7 Å². The quantitative estimate of drug-likeness (QED) is 0.640. The van der Waals surface area contributed by atoms with Gasteiger partial charge in [-0.25, -0.2) is 0 Å². The molecule has 1 aliphatic heterocycles. The predicted molar refractivity (Wildman–Crippen MR) is 115 cm³/mol. The van der Waals surface area contributed by atoms with Crippen molar-refractivity contribution in [3.8, 4) is 0 Å². The van der Waals surface area contributed by atoms with Gasteiger partial charge in [0.1, 0.15) is 11.5 Å². The highest BCUT2D eigenvalue weighted by Gasteiger charge is 2.28. The first-order chi connectivity index (χ1) is 14.2. The van der Waals surface area contributed by atoms with Crippen LogP contribution in [0.25, 0.3) is 0 Å². The fourth-order valence-corrected chi connectivity index (χ4v) is 4.18. The van der Waals surface area contributed by atoms with E-state index < -0.39 is 0 Å². The molecule has 1 N–H and O–H groups in total. The van der Waals surface area contributed by atoms with E-state index in [-0.39, 0.29) is 17.9 Å². The summed E-state index contributed by atoms with van der Waals surface area (Å²) in [5.41, 5.74) is 2.01. The van der Waals surface area contributed by atoms with Crippen LogP contribution < -0.4 is 5.32 Å². The average Bonchev–Trinajstić information content (AvgIpc) is 3.43. The Hall–Kier alpha value is -2.85. The van der Waals surface area contributed by atoms with Gasteiger partial charge in [0.2, 0.25) is 5.91 Å². The summed E-state index contributed by atoms with van der Waals surface area (Å²) in [7, 11) is 0. The van der Waals surface area contributed by atoms with Crippen LogP contribution in [-0.2, 0) is 4.79 Å². The van der Waals surface area contributed by atoms with Crippen LogP contribution in [0.1, 0.15) is 47.4 Å². The highest BCUT2D eigenvalue weighted by molar-refractivity contribution is 5.87. The Bertz CT molecular complexity index is 875. The SMILES string of the molecule is Cc1ccc([C@H](CNC(=O)C(c2ccccc2)c2ccccc2)N2CCCC2)o1. The minimum Gasteiger partial charge on any atom is -0.465 e.